The van der Waals surface area contributed by atoms with Crippen LogP contribution >= 0.6 is 11.6 Å². The third-order valence-corrected chi connectivity index (χ3v) is 6.41. The molecule has 1 heterocycles. The van der Waals surface area contributed by atoms with Gasteiger partial charge in [0.25, 0.3) is 5.91 Å². The normalized spacial score (nSPS) is 15.6. The van der Waals surface area contributed by atoms with Crippen LogP contribution in [0, 0.1) is 5.82 Å². The van der Waals surface area contributed by atoms with Crippen LogP contribution in [0.1, 0.15) is 33.2 Å². The van der Waals surface area contributed by atoms with Gasteiger partial charge in [-0.3, -0.25) is 9.69 Å². The maximum Gasteiger partial charge on any atom is 0.416 e. The number of piperazine rings is 1. The van der Waals surface area contributed by atoms with Crippen molar-refractivity contribution >= 4 is 17.5 Å². The lowest BCUT2D eigenvalue weighted by atomic mass is 10.1. The Hall–Kier alpha value is -2.94. The van der Waals surface area contributed by atoms with Gasteiger partial charge in [0, 0.05) is 37.7 Å². The summed E-state index contributed by atoms with van der Waals surface area (Å²) in [7, 11) is 0. The highest BCUT2D eigenvalue weighted by Crippen LogP contribution is 2.30. The first kappa shape index (κ1) is 26.1. The molecule has 1 aliphatic heterocycles. The monoisotopic (exact) mass is 520 g/mol. The van der Waals surface area contributed by atoms with E-state index in [0.717, 1.165) is 17.7 Å². The van der Waals surface area contributed by atoms with E-state index in [9.17, 15) is 22.4 Å². The number of hydrogen-bond acceptors (Lipinski definition) is 3. The summed E-state index contributed by atoms with van der Waals surface area (Å²) in [6, 6.07) is 18.1. The molecule has 9 heteroatoms. The van der Waals surface area contributed by atoms with Crippen molar-refractivity contribution < 1.29 is 27.1 Å². The molecular weight excluding hydrogens is 496 g/mol. The Labute approximate surface area is 212 Å². The Bertz CT molecular complexity index is 1160. The molecule has 1 unspecified atom stereocenters. The smallest absolute Gasteiger partial charge is 0.368 e. The van der Waals surface area contributed by atoms with Crippen LogP contribution in [-0.4, -0.2) is 48.4 Å². The summed E-state index contributed by atoms with van der Waals surface area (Å²) in [5.74, 6) is -0.870. The molecule has 0 aliphatic carbocycles. The zero-order chi connectivity index (χ0) is 25.7. The van der Waals surface area contributed by atoms with Gasteiger partial charge >= 0.3 is 6.18 Å². The number of amides is 1. The van der Waals surface area contributed by atoms with E-state index in [0.29, 0.717) is 43.3 Å². The average molecular weight is 521 g/mol. The number of halogens is 5. The molecule has 0 aromatic heterocycles. The number of alkyl halides is 3. The number of benzene rings is 3. The molecule has 0 spiro atoms. The number of nitrogens with zero attached hydrogens (tertiary/aromatic N) is 2. The minimum absolute atomic E-state index is 0.0601. The Morgan fingerprint density at radius 1 is 0.917 bits per heavy atom. The Kier molecular flexibility index (Phi) is 8.28. The lowest BCUT2D eigenvalue weighted by Gasteiger charge is -2.36. The van der Waals surface area contributed by atoms with Crippen molar-refractivity contribution in [3.8, 4) is 0 Å². The van der Waals surface area contributed by atoms with Gasteiger partial charge in [-0.05, 0) is 47.5 Å². The van der Waals surface area contributed by atoms with Crippen molar-refractivity contribution in [2.45, 2.75) is 18.9 Å². The van der Waals surface area contributed by atoms with Crippen molar-refractivity contribution in [1.29, 1.82) is 0 Å². The van der Waals surface area contributed by atoms with Gasteiger partial charge in [-0.2, -0.15) is 13.2 Å². The predicted molar refractivity (Wildman–Crippen MR) is 129 cm³/mol. The Morgan fingerprint density at radius 2 is 1.56 bits per heavy atom. The maximum atomic E-state index is 14.0. The molecule has 1 aliphatic rings. The molecule has 1 atom stereocenters. The molecule has 0 N–H and O–H groups in total. The van der Waals surface area contributed by atoms with E-state index in [2.05, 4.69) is 4.90 Å². The molecule has 1 amide bonds. The molecular formula is C27H25ClF4N2O2. The second-order valence-electron chi connectivity index (χ2n) is 8.62. The summed E-state index contributed by atoms with van der Waals surface area (Å²) in [6.45, 7) is 2.70. The van der Waals surface area contributed by atoms with Crippen LogP contribution in [0.5, 0.6) is 0 Å². The summed E-state index contributed by atoms with van der Waals surface area (Å²) < 4.78 is 58.7. The molecule has 0 bridgehead atoms. The van der Waals surface area contributed by atoms with Gasteiger partial charge < -0.3 is 9.64 Å². The van der Waals surface area contributed by atoms with Crippen molar-refractivity contribution in [3.63, 3.8) is 0 Å². The van der Waals surface area contributed by atoms with Gasteiger partial charge in [0.05, 0.1) is 23.8 Å². The molecule has 4 rings (SSSR count). The fraction of sp³-hybridized carbons (Fsp3) is 0.296. The van der Waals surface area contributed by atoms with Crippen LogP contribution in [0.4, 0.5) is 17.6 Å². The van der Waals surface area contributed by atoms with Gasteiger partial charge in [-0.25, -0.2) is 4.39 Å². The SMILES string of the molecule is O=C(c1ccccc1F)N1CCN(CC(OCc2ccc(C(F)(F)F)cc2)c2ccc(Cl)cc2)CC1. The molecule has 36 heavy (non-hydrogen) atoms. The van der Waals surface area contributed by atoms with E-state index in [1.807, 2.05) is 12.1 Å². The lowest BCUT2D eigenvalue weighted by Crippen LogP contribution is -2.49. The van der Waals surface area contributed by atoms with E-state index < -0.39 is 17.6 Å². The maximum absolute atomic E-state index is 14.0. The first-order valence-corrected chi connectivity index (χ1v) is 11.9. The first-order valence-electron chi connectivity index (χ1n) is 11.5. The number of rotatable bonds is 7. The van der Waals surface area contributed by atoms with Crippen LogP contribution in [0.3, 0.4) is 0 Å². The summed E-state index contributed by atoms with van der Waals surface area (Å²) in [5.41, 5.74) is 0.867. The molecule has 3 aromatic rings. The third-order valence-electron chi connectivity index (χ3n) is 6.16. The summed E-state index contributed by atoms with van der Waals surface area (Å²) in [4.78, 5) is 16.5. The summed E-state index contributed by atoms with van der Waals surface area (Å²) >= 11 is 6.03. The number of hydrogen-bond donors (Lipinski definition) is 0. The van der Waals surface area contributed by atoms with Crippen LogP contribution in [-0.2, 0) is 17.5 Å². The van der Waals surface area contributed by atoms with E-state index in [4.69, 9.17) is 16.3 Å². The fourth-order valence-electron chi connectivity index (χ4n) is 4.09. The van der Waals surface area contributed by atoms with Crippen molar-refractivity contribution in [3.05, 3.63) is 106 Å². The molecule has 1 saturated heterocycles. The molecule has 1 fully saturated rings. The topological polar surface area (TPSA) is 32.8 Å². The van der Waals surface area contributed by atoms with E-state index in [1.54, 1.807) is 29.2 Å². The van der Waals surface area contributed by atoms with Crippen molar-refractivity contribution in [1.82, 2.24) is 9.80 Å². The van der Waals surface area contributed by atoms with Gasteiger partial charge in [-0.1, -0.05) is 48.0 Å². The zero-order valence-electron chi connectivity index (χ0n) is 19.3. The molecule has 190 valence electrons. The predicted octanol–water partition coefficient (Wildman–Crippen LogP) is 6.21. The van der Waals surface area contributed by atoms with E-state index >= 15 is 0 Å². The number of carbonyl (C=O) groups excluding carboxylic acids is 1. The first-order chi connectivity index (χ1) is 17.2. The minimum Gasteiger partial charge on any atom is -0.368 e. The second-order valence-corrected chi connectivity index (χ2v) is 9.05. The highest BCUT2D eigenvalue weighted by atomic mass is 35.5. The summed E-state index contributed by atoms with van der Waals surface area (Å²) in [5, 5.41) is 0.584. The van der Waals surface area contributed by atoms with Crippen molar-refractivity contribution in [2.24, 2.45) is 0 Å². The Balaban J connectivity index is 1.39. The van der Waals surface area contributed by atoms with Crippen LogP contribution in [0.25, 0.3) is 0 Å². The van der Waals surface area contributed by atoms with Gasteiger partial charge in [0.1, 0.15) is 5.82 Å². The molecule has 0 radical (unpaired) electrons. The second kappa shape index (κ2) is 11.4. The third kappa shape index (κ3) is 6.63. The highest BCUT2D eigenvalue weighted by molar-refractivity contribution is 6.30. The van der Waals surface area contributed by atoms with E-state index in [-0.39, 0.29) is 24.2 Å². The van der Waals surface area contributed by atoms with E-state index in [1.165, 1.54) is 24.3 Å². The minimum atomic E-state index is -4.39. The molecule has 3 aromatic carbocycles. The standard InChI is InChI=1S/C27H25ClF4N2O2/c28-22-11-7-20(8-12-22)25(36-18-19-5-9-21(10-6-19)27(30,31)32)17-33-13-15-34(16-14-33)26(35)23-3-1-2-4-24(23)29/h1-12,25H,13-18H2. The van der Waals surface area contributed by atoms with Crippen LogP contribution in [0.15, 0.2) is 72.8 Å². The largest absolute Gasteiger partial charge is 0.416 e. The lowest BCUT2D eigenvalue weighted by molar-refractivity contribution is -0.137. The van der Waals surface area contributed by atoms with Gasteiger partial charge in [0.15, 0.2) is 0 Å². The number of ether oxygens (including phenoxy) is 1. The highest BCUT2D eigenvalue weighted by Gasteiger charge is 2.30. The molecule has 4 nitrogen and oxygen atoms in total. The molecule has 0 saturated carbocycles. The Morgan fingerprint density at radius 3 is 2.17 bits per heavy atom. The van der Waals surface area contributed by atoms with Crippen LogP contribution < -0.4 is 0 Å². The van der Waals surface area contributed by atoms with Crippen LogP contribution in [0.2, 0.25) is 5.02 Å². The number of carbonyl (C=O) groups is 1. The van der Waals surface area contributed by atoms with Crippen molar-refractivity contribution in [2.75, 3.05) is 32.7 Å². The average Bonchev–Trinajstić information content (AvgIpc) is 2.87. The van der Waals surface area contributed by atoms with Gasteiger partial charge in [-0.15, -0.1) is 0 Å². The zero-order valence-corrected chi connectivity index (χ0v) is 20.1. The van der Waals surface area contributed by atoms with Gasteiger partial charge in [0.2, 0.25) is 0 Å². The fourth-order valence-corrected chi connectivity index (χ4v) is 4.22. The summed E-state index contributed by atoms with van der Waals surface area (Å²) in [6.07, 6.45) is -4.75. The quantitative estimate of drug-likeness (QED) is 0.347.